The molecule has 0 radical (unpaired) electrons. The third-order valence-corrected chi connectivity index (χ3v) is 6.77. The summed E-state index contributed by atoms with van der Waals surface area (Å²) in [7, 11) is 0. The van der Waals surface area contributed by atoms with Gasteiger partial charge in [-0.25, -0.2) is 4.39 Å². The van der Waals surface area contributed by atoms with Gasteiger partial charge in [0, 0.05) is 6.04 Å². The first kappa shape index (κ1) is 14.2. The lowest BCUT2D eigenvalue weighted by atomic mass is 9.93. The van der Waals surface area contributed by atoms with Crippen molar-refractivity contribution in [2.45, 2.75) is 38.6 Å². The lowest BCUT2D eigenvalue weighted by molar-refractivity contribution is 0.365. The zero-order chi connectivity index (χ0) is 14.6. The van der Waals surface area contributed by atoms with E-state index in [1.165, 1.54) is 24.8 Å². The fourth-order valence-corrected chi connectivity index (χ4v) is 5.88. The number of fused-ring (bicyclic) bond motifs is 5. The van der Waals surface area contributed by atoms with Crippen LogP contribution in [0.2, 0.25) is 0 Å². The largest absolute Gasteiger partial charge is 0.314 e. The molecule has 2 bridgehead atoms. The molecule has 0 spiro atoms. The van der Waals surface area contributed by atoms with Crippen LogP contribution >= 0.6 is 15.9 Å². The van der Waals surface area contributed by atoms with E-state index < -0.39 is 0 Å². The zero-order valence-electron chi connectivity index (χ0n) is 12.5. The van der Waals surface area contributed by atoms with Crippen LogP contribution in [-0.4, -0.2) is 12.6 Å². The third kappa shape index (κ3) is 2.37. The van der Waals surface area contributed by atoms with Crippen LogP contribution in [0.1, 0.15) is 31.7 Å². The van der Waals surface area contributed by atoms with Crippen LogP contribution in [0.5, 0.6) is 0 Å². The second-order valence-corrected chi connectivity index (χ2v) is 8.04. The number of likely N-dealkylation sites (N-methyl/N-ethyl adjacent to an activating group) is 1. The van der Waals surface area contributed by atoms with Gasteiger partial charge in [0.15, 0.2) is 0 Å². The van der Waals surface area contributed by atoms with Gasteiger partial charge in [0.1, 0.15) is 5.82 Å². The lowest BCUT2D eigenvalue weighted by Gasteiger charge is -2.21. The topological polar surface area (TPSA) is 12.0 Å². The van der Waals surface area contributed by atoms with E-state index in [0.717, 1.165) is 42.6 Å². The van der Waals surface area contributed by atoms with Crippen molar-refractivity contribution < 1.29 is 4.39 Å². The van der Waals surface area contributed by atoms with Crippen molar-refractivity contribution in [2.75, 3.05) is 6.54 Å². The van der Waals surface area contributed by atoms with Gasteiger partial charge in [-0.3, -0.25) is 0 Å². The minimum atomic E-state index is -0.167. The Kier molecular flexibility index (Phi) is 3.61. The van der Waals surface area contributed by atoms with Gasteiger partial charge in [0.25, 0.3) is 0 Å². The highest BCUT2D eigenvalue weighted by Crippen LogP contribution is 2.70. The smallest absolute Gasteiger partial charge is 0.137 e. The second-order valence-electron chi connectivity index (χ2n) is 7.18. The molecule has 3 heteroatoms. The van der Waals surface area contributed by atoms with Gasteiger partial charge in [-0.1, -0.05) is 13.0 Å². The Hall–Kier alpha value is -0.410. The number of rotatable bonds is 5. The monoisotopic (exact) mass is 351 g/mol. The molecule has 0 amide bonds. The molecule has 4 rings (SSSR count). The fraction of sp³-hybridized carbons (Fsp3) is 0.667. The van der Waals surface area contributed by atoms with E-state index in [2.05, 4.69) is 28.2 Å². The van der Waals surface area contributed by atoms with Crippen molar-refractivity contribution in [1.29, 1.82) is 0 Å². The van der Waals surface area contributed by atoms with Gasteiger partial charge in [-0.2, -0.15) is 0 Å². The second kappa shape index (κ2) is 5.34. The lowest BCUT2D eigenvalue weighted by Crippen LogP contribution is -2.35. The summed E-state index contributed by atoms with van der Waals surface area (Å²) >= 11 is 3.31. The summed E-state index contributed by atoms with van der Waals surface area (Å²) < 4.78 is 14.0. The highest BCUT2D eigenvalue weighted by atomic mass is 79.9. The highest BCUT2D eigenvalue weighted by molar-refractivity contribution is 9.10. The van der Waals surface area contributed by atoms with Gasteiger partial charge in [-0.15, -0.1) is 0 Å². The molecule has 1 nitrogen and oxygen atoms in total. The molecule has 114 valence electrons. The SMILES string of the molecule is CCNC(Cc1ccc(F)c(Br)c1)C1C2C3CCC(C3)C21. The maximum absolute atomic E-state index is 13.4. The Labute approximate surface area is 134 Å². The molecular weight excluding hydrogens is 329 g/mol. The van der Waals surface area contributed by atoms with E-state index in [0.29, 0.717) is 10.5 Å². The first-order valence-electron chi connectivity index (χ1n) is 8.36. The van der Waals surface area contributed by atoms with Crippen LogP contribution in [0.15, 0.2) is 22.7 Å². The molecule has 5 unspecified atom stereocenters. The maximum Gasteiger partial charge on any atom is 0.137 e. The standard InChI is InChI=1S/C18H23BrFN/c1-2-21-15(8-10-3-6-14(20)13(19)7-10)18-16-11-4-5-12(9-11)17(16)18/h3,6-7,11-12,15-18,21H,2,4-5,8-9H2,1H3. The van der Waals surface area contributed by atoms with Crippen molar-refractivity contribution in [1.82, 2.24) is 5.32 Å². The van der Waals surface area contributed by atoms with Crippen LogP contribution in [0, 0.1) is 35.4 Å². The molecule has 0 aromatic heterocycles. The van der Waals surface area contributed by atoms with Gasteiger partial charge in [-0.05, 0) is 95.4 Å². The van der Waals surface area contributed by atoms with Crippen molar-refractivity contribution in [2.24, 2.45) is 29.6 Å². The molecule has 3 saturated carbocycles. The summed E-state index contributed by atoms with van der Waals surface area (Å²) in [5.41, 5.74) is 1.24. The summed E-state index contributed by atoms with van der Waals surface area (Å²) in [5.74, 6) is 4.74. The molecule has 0 heterocycles. The molecule has 21 heavy (non-hydrogen) atoms. The van der Waals surface area contributed by atoms with Crippen molar-refractivity contribution in [3.63, 3.8) is 0 Å². The molecule has 3 aliphatic carbocycles. The van der Waals surface area contributed by atoms with Crippen LogP contribution in [0.3, 0.4) is 0 Å². The third-order valence-electron chi connectivity index (χ3n) is 6.17. The van der Waals surface area contributed by atoms with Crippen LogP contribution < -0.4 is 5.32 Å². The molecule has 1 N–H and O–H groups in total. The number of benzene rings is 1. The Morgan fingerprint density at radius 1 is 1.29 bits per heavy atom. The Bertz CT molecular complexity index is 530. The van der Waals surface area contributed by atoms with Gasteiger partial charge >= 0.3 is 0 Å². The van der Waals surface area contributed by atoms with E-state index in [-0.39, 0.29) is 5.82 Å². The summed E-state index contributed by atoms with van der Waals surface area (Å²) in [6.07, 6.45) is 5.49. The van der Waals surface area contributed by atoms with Crippen molar-refractivity contribution in [3.05, 3.63) is 34.1 Å². The number of halogens is 2. The van der Waals surface area contributed by atoms with Crippen molar-refractivity contribution in [3.8, 4) is 0 Å². The molecule has 5 atom stereocenters. The van der Waals surface area contributed by atoms with Crippen LogP contribution in [0.4, 0.5) is 4.39 Å². The summed E-state index contributed by atoms with van der Waals surface area (Å²) in [6.45, 7) is 3.22. The molecular formula is C18H23BrFN. The fourth-order valence-electron chi connectivity index (χ4n) is 5.46. The predicted octanol–water partition coefficient (Wildman–Crippen LogP) is 4.40. The maximum atomic E-state index is 13.4. The molecule has 0 saturated heterocycles. The average molecular weight is 352 g/mol. The summed E-state index contributed by atoms with van der Waals surface area (Å²) in [4.78, 5) is 0. The Morgan fingerprint density at radius 3 is 2.62 bits per heavy atom. The first-order chi connectivity index (χ1) is 10.2. The van der Waals surface area contributed by atoms with Gasteiger partial charge in [0.2, 0.25) is 0 Å². The molecule has 1 aromatic rings. The summed E-state index contributed by atoms with van der Waals surface area (Å²) in [6, 6.07) is 6.05. The summed E-state index contributed by atoms with van der Waals surface area (Å²) in [5, 5.41) is 3.72. The average Bonchev–Trinajstić information content (AvgIpc) is 2.89. The van der Waals surface area contributed by atoms with Crippen LogP contribution in [0.25, 0.3) is 0 Å². The molecule has 0 aliphatic heterocycles. The van der Waals surface area contributed by atoms with E-state index in [4.69, 9.17) is 0 Å². The first-order valence-corrected chi connectivity index (χ1v) is 9.15. The zero-order valence-corrected chi connectivity index (χ0v) is 14.1. The predicted molar refractivity (Wildman–Crippen MR) is 86.6 cm³/mol. The number of nitrogens with one attached hydrogen (secondary N) is 1. The Balaban J connectivity index is 1.49. The van der Waals surface area contributed by atoms with Gasteiger partial charge < -0.3 is 5.32 Å². The quantitative estimate of drug-likeness (QED) is 0.828. The normalized spacial score (nSPS) is 37.6. The van der Waals surface area contributed by atoms with Crippen molar-refractivity contribution >= 4 is 15.9 Å². The van der Waals surface area contributed by atoms with E-state index in [9.17, 15) is 4.39 Å². The molecule has 3 fully saturated rings. The van der Waals surface area contributed by atoms with Gasteiger partial charge in [0.05, 0.1) is 4.47 Å². The van der Waals surface area contributed by atoms with E-state index in [1.54, 1.807) is 6.07 Å². The van der Waals surface area contributed by atoms with E-state index >= 15 is 0 Å². The minimum absolute atomic E-state index is 0.167. The molecule has 1 aromatic carbocycles. The highest BCUT2D eigenvalue weighted by Gasteiger charge is 2.66. The number of hydrogen-bond acceptors (Lipinski definition) is 1. The van der Waals surface area contributed by atoms with E-state index in [1.807, 2.05) is 12.1 Å². The molecule has 3 aliphatic rings. The number of hydrogen-bond donors (Lipinski definition) is 1. The Morgan fingerprint density at radius 2 is 2.00 bits per heavy atom. The van der Waals surface area contributed by atoms with Crippen LogP contribution in [-0.2, 0) is 6.42 Å². The minimum Gasteiger partial charge on any atom is -0.314 e.